The molecule has 0 amide bonds. The molecule has 0 saturated heterocycles. The number of aryl methyl sites for hydroxylation is 2. The Morgan fingerprint density at radius 1 is 0.800 bits per heavy atom. The predicted molar refractivity (Wildman–Crippen MR) is 105 cm³/mol. The van der Waals surface area contributed by atoms with Gasteiger partial charge in [-0.05, 0) is 48.7 Å². The molecule has 0 aliphatic heterocycles. The number of benzene rings is 3. The second kappa shape index (κ2) is 6.21. The average molecular weight is 327 g/mol. The van der Waals surface area contributed by atoms with Crippen molar-refractivity contribution in [3.63, 3.8) is 0 Å². The summed E-state index contributed by atoms with van der Waals surface area (Å²) in [4.78, 5) is 13.0. The molecule has 0 atom stereocenters. The van der Waals surface area contributed by atoms with E-state index in [4.69, 9.17) is 0 Å². The summed E-state index contributed by atoms with van der Waals surface area (Å²) in [6, 6.07) is 22.8. The van der Waals surface area contributed by atoms with Crippen LogP contribution in [-0.2, 0) is 13.0 Å². The van der Waals surface area contributed by atoms with E-state index in [1.807, 2.05) is 25.1 Å². The first-order chi connectivity index (χ1) is 12.2. The molecule has 0 fully saturated rings. The Labute approximate surface area is 147 Å². The number of rotatable bonds is 3. The average Bonchev–Trinajstić information content (AvgIpc) is 2.65. The summed E-state index contributed by atoms with van der Waals surface area (Å²) in [6.07, 6.45) is 0.960. The van der Waals surface area contributed by atoms with E-state index in [9.17, 15) is 4.79 Å². The molecule has 1 heterocycles. The first-order valence-electron chi connectivity index (χ1n) is 8.77. The molecule has 3 aromatic carbocycles. The van der Waals surface area contributed by atoms with E-state index in [1.54, 1.807) is 0 Å². The Morgan fingerprint density at radius 3 is 2.36 bits per heavy atom. The van der Waals surface area contributed by atoms with Crippen molar-refractivity contribution in [1.82, 2.24) is 4.57 Å². The lowest BCUT2D eigenvalue weighted by atomic mass is 10.0. The zero-order valence-electron chi connectivity index (χ0n) is 14.6. The molecule has 0 aliphatic rings. The van der Waals surface area contributed by atoms with Crippen LogP contribution in [0.2, 0.25) is 0 Å². The van der Waals surface area contributed by atoms with Crippen molar-refractivity contribution >= 4 is 21.8 Å². The highest BCUT2D eigenvalue weighted by molar-refractivity contribution is 5.94. The van der Waals surface area contributed by atoms with E-state index < -0.39 is 0 Å². The van der Waals surface area contributed by atoms with E-state index in [0.717, 1.165) is 40.3 Å². The van der Waals surface area contributed by atoms with Crippen LogP contribution in [0.5, 0.6) is 0 Å². The lowest BCUT2D eigenvalue weighted by molar-refractivity contribution is 0.861. The molecule has 4 aromatic rings. The summed E-state index contributed by atoms with van der Waals surface area (Å²) in [7, 11) is 0. The highest BCUT2D eigenvalue weighted by Crippen LogP contribution is 2.23. The van der Waals surface area contributed by atoms with Crippen molar-refractivity contribution < 1.29 is 0 Å². The zero-order chi connectivity index (χ0) is 17.4. The minimum atomic E-state index is 0.126. The van der Waals surface area contributed by atoms with Crippen LogP contribution in [0.4, 0.5) is 0 Å². The van der Waals surface area contributed by atoms with Gasteiger partial charge < -0.3 is 4.57 Å². The van der Waals surface area contributed by atoms with Crippen molar-refractivity contribution in [2.45, 2.75) is 26.8 Å². The van der Waals surface area contributed by atoms with Gasteiger partial charge in [-0.15, -0.1) is 0 Å². The quantitative estimate of drug-likeness (QED) is 0.481. The first kappa shape index (κ1) is 15.6. The highest BCUT2D eigenvalue weighted by Gasteiger charge is 2.12. The van der Waals surface area contributed by atoms with E-state index in [1.165, 1.54) is 11.1 Å². The molecule has 1 aromatic heterocycles. The van der Waals surface area contributed by atoms with Crippen molar-refractivity contribution in [3.8, 4) is 0 Å². The first-order valence-corrected chi connectivity index (χ1v) is 8.77. The van der Waals surface area contributed by atoms with Gasteiger partial charge in [0.1, 0.15) is 0 Å². The van der Waals surface area contributed by atoms with E-state index in [0.29, 0.717) is 0 Å². The molecular formula is C23H21NO. The van der Waals surface area contributed by atoms with Gasteiger partial charge in [0.15, 0.2) is 5.43 Å². The van der Waals surface area contributed by atoms with Gasteiger partial charge in [0.25, 0.3) is 0 Å². The predicted octanol–water partition coefficient (Wildman–Crippen LogP) is 5.07. The number of fused-ring (bicyclic) bond motifs is 2. The number of hydrogen-bond acceptors (Lipinski definition) is 1. The normalized spacial score (nSPS) is 11.3. The molecule has 2 heteroatoms. The minimum Gasteiger partial charge on any atom is -0.336 e. The summed E-state index contributed by atoms with van der Waals surface area (Å²) < 4.78 is 2.28. The summed E-state index contributed by atoms with van der Waals surface area (Å²) >= 11 is 0. The molecular weight excluding hydrogens is 306 g/mol. The van der Waals surface area contributed by atoms with E-state index >= 15 is 0 Å². The van der Waals surface area contributed by atoms with Crippen molar-refractivity contribution in [2.24, 2.45) is 0 Å². The fraction of sp³-hybridized carbons (Fsp3) is 0.174. The molecule has 0 aliphatic carbocycles. The lowest BCUT2D eigenvalue weighted by Gasteiger charge is -2.16. The van der Waals surface area contributed by atoms with Crippen molar-refractivity contribution in [3.05, 3.63) is 93.6 Å². The van der Waals surface area contributed by atoms with Gasteiger partial charge in [-0.2, -0.15) is 0 Å². The topological polar surface area (TPSA) is 22.0 Å². The van der Waals surface area contributed by atoms with Crippen LogP contribution in [0, 0.1) is 6.92 Å². The van der Waals surface area contributed by atoms with Gasteiger partial charge >= 0.3 is 0 Å². The van der Waals surface area contributed by atoms with Crippen molar-refractivity contribution in [1.29, 1.82) is 0 Å². The van der Waals surface area contributed by atoms with Crippen LogP contribution < -0.4 is 5.43 Å². The van der Waals surface area contributed by atoms with Gasteiger partial charge in [-0.25, -0.2) is 0 Å². The molecule has 0 unspecified atom stereocenters. The Bertz CT molecular complexity index is 1120. The largest absolute Gasteiger partial charge is 0.336 e. The third kappa shape index (κ3) is 2.74. The molecule has 2 nitrogen and oxygen atoms in total. The zero-order valence-corrected chi connectivity index (χ0v) is 14.6. The molecule has 0 bridgehead atoms. The summed E-state index contributed by atoms with van der Waals surface area (Å²) in [5, 5.41) is 1.60. The highest BCUT2D eigenvalue weighted by atomic mass is 16.1. The Kier molecular flexibility index (Phi) is 3.89. The number of aromatic nitrogens is 1. The number of nitrogens with zero attached hydrogens (tertiary/aromatic N) is 1. The van der Waals surface area contributed by atoms with Crippen molar-refractivity contribution in [2.75, 3.05) is 0 Å². The SMILES string of the molecule is CCc1ccc2c(=O)c3cc(C)ccc3n(Cc3ccccc3)c2c1. The van der Waals surface area contributed by atoms with Gasteiger partial charge in [0.05, 0.1) is 11.0 Å². The molecule has 0 N–H and O–H groups in total. The van der Waals surface area contributed by atoms with Crippen LogP contribution >= 0.6 is 0 Å². The van der Waals surface area contributed by atoms with Crippen LogP contribution in [0.3, 0.4) is 0 Å². The second-order valence-electron chi connectivity index (χ2n) is 6.63. The van der Waals surface area contributed by atoms with Gasteiger partial charge in [0.2, 0.25) is 0 Å². The lowest BCUT2D eigenvalue weighted by Crippen LogP contribution is -2.12. The van der Waals surface area contributed by atoms with Gasteiger partial charge in [-0.3, -0.25) is 4.79 Å². The maximum Gasteiger partial charge on any atom is 0.197 e. The van der Waals surface area contributed by atoms with Gasteiger partial charge in [-0.1, -0.05) is 55.0 Å². The smallest absolute Gasteiger partial charge is 0.197 e. The summed E-state index contributed by atoms with van der Waals surface area (Å²) in [5.74, 6) is 0. The third-order valence-electron chi connectivity index (χ3n) is 4.88. The monoisotopic (exact) mass is 327 g/mol. The Balaban J connectivity index is 2.10. The molecule has 124 valence electrons. The standard InChI is InChI=1S/C23H21NO/c1-3-17-10-11-19-22(14-17)24(15-18-7-5-4-6-8-18)21-12-9-16(2)13-20(21)23(19)25/h4-14H,3,15H2,1-2H3. The minimum absolute atomic E-state index is 0.126. The molecule has 0 saturated carbocycles. The summed E-state index contributed by atoms with van der Waals surface area (Å²) in [6.45, 7) is 4.93. The fourth-order valence-corrected chi connectivity index (χ4v) is 3.49. The van der Waals surface area contributed by atoms with E-state index in [-0.39, 0.29) is 5.43 Å². The molecule has 4 rings (SSSR count). The molecule has 0 radical (unpaired) electrons. The fourth-order valence-electron chi connectivity index (χ4n) is 3.49. The van der Waals surface area contributed by atoms with Crippen LogP contribution in [0.1, 0.15) is 23.6 Å². The molecule has 0 spiro atoms. The van der Waals surface area contributed by atoms with Crippen LogP contribution in [0.25, 0.3) is 21.8 Å². The summed E-state index contributed by atoms with van der Waals surface area (Å²) in [5.41, 5.74) is 5.74. The second-order valence-corrected chi connectivity index (χ2v) is 6.63. The number of pyridine rings is 1. The Hall–Kier alpha value is -2.87. The maximum atomic E-state index is 13.0. The maximum absolute atomic E-state index is 13.0. The van der Waals surface area contributed by atoms with Crippen LogP contribution in [0.15, 0.2) is 71.5 Å². The Morgan fingerprint density at radius 2 is 1.60 bits per heavy atom. The number of hydrogen-bond donors (Lipinski definition) is 0. The van der Waals surface area contributed by atoms with Crippen LogP contribution in [-0.4, -0.2) is 4.57 Å². The third-order valence-corrected chi connectivity index (χ3v) is 4.88. The molecule has 25 heavy (non-hydrogen) atoms. The van der Waals surface area contributed by atoms with Gasteiger partial charge in [0, 0.05) is 17.3 Å². The van der Waals surface area contributed by atoms with E-state index in [2.05, 4.69) is 60.0 Å².